The third kappa shape index (κ3) is 5.96. The van der Waals surface area contributed by atoms with Gasteiger partial charge in [0.2, 0.25) is 0 Å². The molecule has 0 bridgehead atoms. The molecule has 0 N–H and O–H groups in total. The van der Waals surface area contributed by atoms with Crippen molar-refractivity contribution in [2.45, 2.75) is 0 Å². The van der Waals surface area contributed by atoms with Gasteiger partial charge in [-0.2, -0.15) is 0 Å². The summed E-state index contributed by atoms with van der Waals surface area (Å²) < 4.78 is 0. The first kappa shape index (κ1) is 37.1. The van der Waals surface area contributed by atoms with E-state index in [1.807, 2.05) is 97.1 Å². The lowest BCUT2D eigenvalue weighted by Gasteiger charge is -2.27. The quantitative estimate of drug-likeness (QED) is 0.124. The van der Waals surface area contributed by atoms with E-state index in [9.17, 15) is 19.2 Å². The highest BCUT2D eigenvalue weighted by atomic mass is 16.2. The van der Waals surface area contributed by atoms with E-state index < -0.39 is 0 Å². The molecule has 0 unspecified atom stereocenters. The van der Waals surface area contributed by atoms with Crippen LogP contribution in [0.5, 0.6) is 0 Å². The Morgan fingerprint density at radius 1 is 0.281 bits per heavy atom. The minimum atomic E-state index is -0.313. The minimum absolute atomic E-state index is 0.313. The SMILES string of the molecule is O=C1c2cccc3cccc(c23)C(=O)N1c1ccc(-c2ccc3cc(C=Cc4ccc5cc(-c6ccc(N7C(=O)c8cccc9cccc(c89)C7=O)cc6)ccc5c4)ccc3c2)cc1. The third-order valence-electron chi connectivity index (χ3n) is 12.7. The highest BCUT2D eigenvalue weighted by Crippen LogP contribution is 2.36. The molecule has 2 aliphatic rings. The molecule has 10 aromatic rings. The molecule has 0 fully saturated rings. The van der Waals surface area contributed by atoms with Crippen LogP contribution in [-0.4, -0.2) is 23.6 Å². The largest absolute Gasteiger partial charge is 0.268 e. The lowest BCUT2D eigenvalue weighted by atomic mass is 9.93. The van der Waals surface area contributed by atoms with E-state index in [1.165, 1.54) is 9.80 Å². The number of anilines is 2. The van der Waals surface area contributed by atoms with Crippen molar-refractivity contribution in [3.63, 3.8) is 0 Å². The molecular formula is C58H34N2O4. The van der Waals surface area contributed by atoms with Gasteiger partial charge < -0.3 is 0 Å². The fourth-order valence-electron chi connectivity index (χ4n) is 9.42. The maximum atomic E-state index is 13.6. The van der Waals surface area contributed by atoms with Crippen molar-refractivity contribution in [3.8, 4) is 22.3 Å². The molecule has 0 radical (unpaired) electrons. The summed E-state index contributed by atoms with van der Waals surface area (Å²) >= 11 is 0. The van der Waals surface area contributed by atoms with E-state index in [1.54, 1.807) is 24.3 Å². The second-order valence-corrected chi connectivity index (χ2v) is 16.4. The van der Waals surface area contributed by atoms with Gasteiger partial charge in [0, 0.05) is 33.0 Å². The summed E-state index contributed by atoms with van der Waals surface area (Å²) in [6, 6.07) is 63.1. The normalized spacial score (nSPS) is 13.6. The summed E-state index contributed by atoms with van der Waals surface area (Å²) in [7, 11) is 0. The Hall–Kier alpha value is -8.74. The summed E-state index contributed by atoms with van der Waals surface area (Å²) in [6.07, 6.45) is 4.25. The molecule has 6 nitrogen and oxygen atoms in total. The number of benzene rings is 10. The van der Waals surface area contributed by atoms with Crippen molar-refractivity contribution >= 4 is 90.2 Å². The second-order valence-electron chi connectivity index (χ2n) is 16.4. The van der Waals surface area contributed by atoms with Crippen molar-refractivity contribution < 1.29 is 19.2 Å². The molecule has 2 heterocycles. The third-order valence-corrected chi connectivity index (χ3v) is 12.7. The van der Waals surface area contributed by atoms with Crippen molar-refractivity contribution in [1.82, 2.24) is 0 Å². The Kier molecular flexibility index (Phi) is 8.36. The lowest BCUT2D eigenvalue weighted by molar-refractivity contribution is 0.0877. The Morgan fingerprint density at radius 2 is 0.594 bits per heavy atom. The average molecular weight is 823 g/mol. The monoisotopic (exact) mass is 822 g/mol. The number of hydrogen-bond acceptors (Lipinski definition) is 4. The lowest BCUT2D eigenvalue weighted by Crippen LogP contribution is -2.40. The zero-order chi connectivity index (χ0) is 43.1. The van der Waals surface area contributed by atoms with E-state index in [0.717, 1.165) is 65.7 Å². The fourth-order valence-corrected chi connectivity index (χ4v) is 9.42. The van der Waals surface area contributed by atoms with Gasteiger partial charge in [-0.3, -0.25) is 19.2 Å². The van der Waals surface area contributed by atoms with Crippen LogP contribution in [0, 0.1) is 0 Å². The first-order valence-electron chi connectivity index (χ1n) is 21.1. The average Bonchev–Trinajstić information content (AvgIpc) is 3.34. The molecule has 2 aliphatic heterocycles. The number of carbonyl (C=O) groups excluding carboxylic acids is 4. The molecule has 0 atom stereocenters. The van der Waals surface area contributed by atoms with Gasteiger partial charge in [-0.15, -0.1) is 0 Å². The van der Waals surface area contributed by atoms with Crippen LogP contribution >= 0.6 is 0 Å². The number of amides is 4. The first-order chi connectivity index (χ1) is 31.4. The van der Waals surface area contributed by atoms with Crippen LogP contribution in [0.2, 0.25) is 0 Å². The molecular weight excluding hydrogens is 789 g/mol. The van der Waals surface area contributed by atoms with Crippen molar-refractivity contribution in [2.75, 3.05) is 9.80 Å². The Morgan fingerprint density at radius 3 is 0.953 bits per heavy atom. The van der Waals surface area contributed by atoms with Gasteiger partial charge in [-0.1, -0.05) is 133 Å². The fraction of sp³-hybridized carbons (Fsp3) is 0. The molecule has 0 saturated heterocycles. The second kappa shape index (κ2) is 14.4. The molecule has 0 spiro atoms. The standard InChI is InChI=1S/C58H34N2O4/c61-55-49-9-1-5-39-6-2-10-50(53(39)49)56(62)59(55)47-27-23-37(24-28-47)43-21-19-41-31-35(15-17-45(41)33-43)13-14-36-16-18-46-34-44(22-20-42(46)32-36)38-25-29-48(30-26-38)60-57(63)51-11-3-7-40-8-4-12-52(54(40)51)58(60)64/h1-34H. The Balaban J connectivity index is 0.736. The summed E-state index contributed by atoms with van der Waals surface area (Å²) in [4.78, 5) is 56.8. The van der Waals surface area contributed by atoms with Gasteiger partial charge in [0.25, 0.3) is 23.6 Å². The molecule has 0 saturated carbocycles. The van der Waals surface area contributed by atoms with Gasteiger partial charge in [0.1, 0.15) is 0 Å². The highest BCUT2D eigenvalue weighted by Gasteiger charge is 2.35. The maximum absolute atomic E-state index is 13.6. The van der Waals surface area contributed by atoms with Crippen LogP contribution < -0.4 is 9.80 Å². The van der Waals surface area contributed by atoms with E-state index in [2.05, 4.69) is 84.9 Å². The molecule has 4 amide bonds. The number of fused-ring (bicyclic) bond motifs is 2. The number of rotatable bonds is 6. The van der Waals surface area contributed by atoms with Crippen LogP contribution in [0.25, 0.3) is 77.5 Å². The van der Waals surface area contributed by atoms with Gasteiger partial charge in [0.15, 0.2) is 0 Å². The zero-order valence-electron chi connectivity index (χ0n) is 34.2. The number of imide groups is 2. The predicted octanol–water partition coefficient (Wildman–Crippen LogP) is 13.4. The molecule has 0 aromatic heterocycles. The summed E-state index contributed by atoms with van der Waals surface area (Å²) in [5.41, 5.74) is 9.46. The van der Waals surface area contributed by atoms with Crippen LogP contribution in [0.1, 0.15) is 52.6 Å². The Labute approximate surface area is 367 Å². The smallest absolute Gasteiger partial charge is 0.265 e. The van der Waals surface area contributed by atoms with Crippen molar-refractivity contribution in [2.24, 2.45) is 0 Å². The van der Waals surface area contributed by atoms with Gasteiger partial charge >= 0.3 is 0 Å². The molecule has 64 heavy (non-hydrogen) atoms. The van der Waals surface area contributed by atoms with E-state index >= 15 is 0 Å². The maximum Gasteiger partial charge on any atom is 0.265 e. The molecule has 300 valence electrons. The topological polar surface area (TPSA) is 74.8 Å². The van der Waals surface area contributed by atoms with Crippen LogP contribution in [-0.2, 0) is 0 Å². The van der Waals surface area contributed by atoms with Crippen LogP contribution in [0.15, 0.2) is 194 Å². The minimum Gasteiger partial charge on any atom is -0.268 e. The van der Waals surface area contributed by atoms with Gasteiger partial charge in [-0.25, -0.2) is 9.80 Å². The van der Waals surface area contributed by atoms with Crippen molar-refractivity contribution in [1.29, 1.82) is 0 Å². The Bertz CT molecular complexity index is 3350. The summed E-state index contributed by atoms with van der Waals surface area (Å²) in [5.74, 6) is -1.25. The van der Waals surface area contributed by atoms with Crippen LogP contribution in [0.3, 0.4) is 0 Å². The summed E-state index contributed by atoms with van der Waals surface area (Å²) in [6.45, 7) is 0. The number of nitrogens with zero attached hydrogens (tertiary/aromatic N) is 2. The van der Waals surface area contributed by atoms with E-state index in [4.69, 9.17) is 0 Å². The zero-order valence-corrected chi connectivity index (χ0v) is 34.2. The molecule has 10 aromatic carbocycles. The highest BCUT2D eigenvalue weighted by molar-refractivity contribution is 6.37. The van der Waals surface area contributed by atoms with Gasteiger partial charge in [0.05, 0.1) is 11.4 Å². The predicted molar refractivity (Wildman–Crippen MR) is 258 cm³/mol. The summed E-state index contributed by atoms with van der Waals surface area (Å²) in [5, 5.41) is 7.66. The van der Waals surface area contributed by atoms with Crippen molar-refractivity contribution in [3.05, 3.63) is 228 Å². The number of hydrogen-bond donors (Lipinski definition) is 0. The molecule has 6 heteroatoms. The number of carbonyl (C=O) groups is 4. The van der Waals surface area contributed by atoms with Crippen LogP contribution in [0.4, 0.5) is 11.4 Å². The molecule has 12 rings (SSSR count). The molecule has 0 aliphatic carbocycles. The van der Waals surface area contributed by atoms with Gasteiger partial charge in [-0.05, 0) is 138 Å². The van der Waals surface area contributed by atoms with E-state index in [-0.39, 0.29) is 23.6 Å². The first-order valence-corrected chi connectivity index (χ1v) is 21.1. The van der Waals surface area contributed by atoms with E-state index in [0.29, 0.717) is 44.4 Å².